The third-order valence-electron chi connectivity index (χ3n) is 3.58. The Morgan fingerprint density at radius 2 is 1.84 bits per heavy atom. The van der Waals surface area contributed by atoms with Crippen LogP contribution in [-0.2, 0) is 4.79 Å². The Morgan fingerprint density at radius 1 is 1.16 bits per heavy atom. The number of urea groups is 1. The molecule has 1 aliphatic rings. The van der Waals surface area contributed by atoms with Gasteiger partial charge in [-0.2, -0.15) is 0 Å². The van der Waals surface area contributed by atoms with Gasteiger partial charge in [-0.15, -0.1) is 0 Å². The van der Waals surface area contributed by atoms with Crippen molar-refractivity contribution in [3.05, 3.63) is 0 Å². The topological polar surface area (TPSA) is 89.9 Å². The number of carbonyl (C=O) groups excluding carboxylic acids is 1. The SMILES string of the molecule is O=C(O)CNC(=O)N(CCO)CCC1CCCCC1. The van der Waals surface area contributed by atoms with E-state index in [0.29, 0.717) is 12.5 Å². The number of nitrogens with zero attached hydrogens (tertiary/aromatic N) is 1. The zero-order valence-corrected chi connectivity index (χ0v) is 11.3. The number of carboxylic acids is 1. The van der Waals surface area contributed by atoms with Crippen LogP contribution in [0.15, 0.2) is 0 Å². The average molecular weight is 272 g/mol. The van der Waals surface area contributed by atoms with Gasteiger partial charge in [0.15, 0.2) is 0 Å². The van der Waals surface area contributed by atoms with Gasteiger partial charge < -0.3 is 20.4 Å². The standard InChI is InChI=1S/C13H24N2O4/c16-9-8-15(13(19)14-10-12(17)18)7-6-11-4-2-1-3-5-11/h11,16H,1-10H2,(H,14,19)(H,17,18). The molecule has 1 fully saturated rings. The normalized spacial score (nSPS) is 16.1. The lowest BCUT2D eigenvalue weighted by Gasteiger charge is -2.26. The van der Waals surface area contributed by atoms with Crippen LogP contribution in [-0.4, -0.2) is 53.4 Å². The van der Waals surface area contributed by atoms with Crippen molar-refractivity contribution in [1.29, 1.82) is 0 Å². The minimum absolute atomic E-state index is 0.106. The number of carboxylic acid groups (broad SMARTS) is 1. The van der Waals surface area contributed by atoms with E-state index in [-0.39, 0.29) is 19.7 Å². The Labute approximate surface area is 113 Å². The lowest BCUT2D eigenvalue weighted by atomic mass is 9.87. The second-order valence-electron chi connectivity index (χ2n) is 5.06. The molecule has 19 heavy (non-hydrogen) atoms. The van der Waals surface area contributed by atoms with Gasteiger partial charge in [-0.25, -0.2) is 4.79 Å². The van der Waals surface area contributed by atoms with Gasteiger partial charge in [-0.05, 0) is 12.3 Å². The van der Waals surface area contributed by atoms with Crippen LogP contribution in [0.1, 0.15) is 38.5 Å². The first-order valence-electron chi connectivity index (χ1n) is 6.99. The van der Waals surface area contributed by atoms with Crippen molar-refractivity contribution >= 4 is 12.0 Å². The Bertz CT molecular complexity index is 290. The Morgan fingerprint density at radius 3 is 2.42 bits per heavy atom. The molecule has 0 aromatic carbocycles. The molecule has 3 N–H and O–H groups in total. The number of aliphatic hydroxyl groups excluding tert-OH is 1. The summed E-state index contributed by atoms with van der Waals surface area (Å²) in [5.41, 5.74) is 0. The summed E-state index contributed by atoms with van der Waals surface area (Å²) in [7, 11) is 0. The van der Waals surface area contributed by atoms with Gasteiger partial charge in [-0.3, -0.25) is 4.79 Å². The predicted molar refractivity (Wildman–Crippen MR) is 70.9 cm³/mol. The summed E-state index contributed by atoms with van der Waals surface area (Å²) in [4.78, 5) is 23.7. The van der Waals surface area contributed by atoms with Crippen molar-refractivity contribution in [2.45, 2.75) is 38.5 Å². The molecule has 110 valence electrons. The van der Waals surface area contributed by atoms with Gasteiger partial charge >= 0.3 is 12.0 Å². The summed E-state index contributed by atoms with van der Waals surface area (Å²) in [6, 6.07) is -0.410. The first-order chi connectivity index (χ1) is 9.13. The minimum atomic E-state index is -1.07. The number of amides is 2. The number of hydrogen-bond acceptors (Lipinski definition) is 3. The van der Waals surface area contributed by atoms with Gasteiger partial charge in [-0.1, -0.05) is 32.1 Å². The summed E-state index contributed by atoms with van der Waals surface area (Å²) in [6.07, 6.45) is 7.18. The Balaban J connectivity index is 2.33. The summed E-state index contributed by atoms with van der Waals surface area (Å²) in [5.74, 6) is -0.410. The van der Waals surface area contributed by atoms with E-state index in [1.807, 2.05) is 0 Å². The molecular formula is C13H24N2O4. The molecule has 0 aliphatic heterocycles. The highest BCUT2D eigenvalue weighted by molar-refractivity contribution is 5.79. The second-order valence-corrected chi connectivity index (χ2v) is 5.06. The van der Waals surface area contributed by atoms with Crippen molar-refractivity contribution < 1.29 is 19.8 Å². The summed E-state index contributed by atoms with van der Waals surface area (Å²) in [5, 5.41) is 19.8. The van der Waals surface area contributed by atoms with Crippen LogP contribution in [0.2, 0.25) is 0 Å². The molecule has 0 heterocycles. The lowest BCUT2D eigenvalue weighted by molar-refractivity contribution is -0.135. The first-order valence-corrected chi connectivity index (χ1v) is 6.99. The van der Waals surface area contributed by atoms with Gasteiger partial charge in [0.05, 0.1) is 6.61 Å². The number of aliphatic hydroxyl groups is 1. The summed E-state index contributed by atoms with van der Waals surface area (Å²) in [6.45, 7) is 0.337. The summed E-state index contributed by atoms with van der Waals surface area (Å²) >= 11 is 0. The number of nitrogens with one attached hydrogen (secondary N) is 1. The van der Waals surface area contributed by atoms with Crippen molar-refractivity contribution in [1.82, 2.24) is 10.2 Å². The largest absolute Gasteiger partial charge is 0.480 e. The minimum Gasteiger partial charge on any atom is -0.480 e. The van der Waals surface area contributed by atoms with E-state index in [0.717, 1.165) is 6.42 Å². The fraction of sp³-hybridized carbons (Fsp3) is 0.846. The average Bonchev–Trinajstić information content (AvgIpc) is 2.42. The predicted octanol–water partition coefficient (Wildman–Crippen LogP) is 1.05. The molecule has 6 nitrogen and oxygen atoms in total. The molecule has 1 aliphatic carbocycles. The molecule has 6 heteroatoms. The molecule has 0 radical (unpaired) electrons. The maximum Gasteiger partial charge on any atom is 0.323 e. The van der Waals surface area contributed by atoms with Crippen LogP contribution in [0, 0.1) is 5.92 Å². The van der Waals surface area contributed by atoms with Crippen molar-refractivity contribution in [3.63, 3.8) is 0 Å². The van der Waals surface area contributed by atoms with Crippen LogP contribution in [0.5, 0.6) is 0 Å². The van der Waals surface area contributed by atoms with E-state index in [1.165, 1.54) is 37.0 Å². The molecule has 0 spiro atoms. The maximum absolute atomic E-state index is 11.8. The molecule has 0 aromatic heterocycles. The van der Waals surface area contributed by atoms with Crippen LogP contribution >= 0.6 is 0 Å². The Hall–Kier alpha value is -1.30. The van der Waals surface area contributed by atoms with Gasteiger partial charge in [0.25, 0.3) is 0 Å². The molecule has 0 bridgehead atoms. The molecular weight excluding hydrogens is 248 g/mol. The van der Waals surface area contributed by atoms with E-state index >= 15 is 0 Å². The number of hydrogen-bond donors (Lipinski definition) is 3. The van der Waals surface area contributed by atoms with E-state index in [4.69, 9.17) is 10.2 Å². The van der Waals surface area contributed by atoms with Gasteiger partial charge in [0.1, 0.15) is 6.54 Å². The second kappa shape index (κ2) is 8.74. The van der Waals surface area contributed by atoms with Gasteiger partial charge in [0, 0.05) is 13.1 Å². The van der Waals surface area contributed by atoms with E-state index in [9.17, 15) is 9.59 Å². The van der Waals surface area contributed by atoms with Crippen LogP contribution in [0.25, 0.3) is 0 Å². The van der Waals surface area contributed by atoms with Crippen LogP contribution < -0.4 is 5.32 Å². The highest BCUT2D eigenvalue weighted by atomic mass is 16.4. The Kier molecular flexibility index (Phi) is 7.25. The monoisotopic (exact) mass is 272 g/mol. The number of rotatable bonds is 7. The first kappa shape index (κ1) is 15.8. The van der Waals surface area contributed by atoms with Crippen LogP contribution in [0.3, 0.4) is 0 Å². The fourth-order valence-corrected chi connectivity index (χ4v) is 2.51. The van der Waals surface area contributed by atoms with E-state index < -0.39 is 12.0 Å². The number of carbonyl (C=O) groups is 2. The van der Waals surface area contributed by atoms with Gasteiger partial charge in [0.2, 0.25) is 0 Å². The highest BCUT2D eigenvalue weighted by Gasteiger charge is 2.18. The van der Waals surface area contributed by atoms with Crippen molar-refractivity contribution in [2.24, 2.45) is 5.92 Å². The smallest absolute Gasteiger partial charge is 0.323 e. The van der Waals surface area contributed by atoms with Crippen molar-refractivity contribution in [2.75, 3.05) is 26.2 Å². The molecule has 2 amide bonds. The summed E-state index contributed by atoms with van der Waals surface area (Å²) < 4.78 is 0. The van der Waals surface area contributed by atoms with Crippen LogP contribution in [0.4, 0.5) is 4.79 Å². The fourth-order valence-electron chi connectivity index (χ4n) is 2.51. The molecule has 0 unspecified atom stereocenters. The maximum atomic E-state index is 11.8. The highest BCUT2D eigenvalue weighted by Crippen LogP contribution is 2.26. The zero-order chi connectivity index (χ0) is 14.1. The molecule has 0 saturated heterocycles. The van der Waals surface area contributed by atoms with E-state index in [1.54, 1.807) is 0 Å². The quantitative estimate of drug-likeness (QED) is 0.646. The molecule has 1 rings (SSSR count). The molecule has 0 atom stereocenters. The number of aliphatic carboxylic acids is 1. The third-order valence-corrected chi connectivity index (χ3v) is 3.58. The van der Waals surface area contributed by atoms with Crippen molar-refractivity contribution in [3.8, 4) is 0 Å². The third kappa shape index (κ3) is 6.42. The zero-order valence-electron chi connectivity index (χ0n) is 11.3. The lowest BCUT2D eigenvalue weighted by Crippen LogP contribution is -2.44. The van der Waals surface area contributed by atoms with E-state index in [2.05, 4.69) is 5.32 Å². The molecule has 0 aromatic rings. The molecule has 1 saturated carbocycles.